The van der Waals surface area contributed by atoms with Gasteiger partial charge in [-0.3, -0.25) is 4.39 Å². The first-order chi connectivity index (χ1) is 7.27. The van der Waals surface area contributed by atoms with E-state index in [1.54, 1.807) is 25.3 Å². The van der Waals surface area contributed by atoms with Gasteiger partial charge in [-0.2, -0.15) is 0 Å². The zero-order chi connectivity index (χ0) is 11.1. The first-order valence-corrected chi connectivity index (χ1v) is 4.90. The summed E-state index contributed by atoms with van der Waals surface area (Å²) in [6.07, 6.45) is 0.491. The Morgan fingerprint density at radius 3 is 2.93 bits per heavy atom. The number of aromatic hydroxyl groups is 1. The SMILES string of the molecule is COc1ccc(O)c(CNCCCF)c1. The summed E-state index contributed by atoms with van der Waals surface area (Å²) in [5.74, 6) is 0.929. The quantitative estimate of drug-likeness (QED) is 0.708. The normalized spacial score (nSPS) is 10.3. The van der Waals surface area contributed by atoms with E-state index in [4.69, 9.17) is 4.74 Å². The minimum atomic E-state index is -0.322. The summed E-state index contributed by atoms with van der Waals surface area (Å²) in [7, 11) is 1.58. The standard InChI is InChI=1S/C11H16FNO2/c1-15-10-3-4-11(14)9(7-10)8-13-6-2-5-12/h3-4,7,13-14H,2,5-6,8H2,1H3. The second kappa shape index (κ2) is 6.24. The van der Waals surface area contributed by atoms with E-state index >= 15 is 0 Å². The predicted molar refractivity (Wildman–Crippen MR) is 57.0 cm³/mol. The number of halogens is 1. The maximum atomic E-state index is 11.8. The summed E-state index contributed by atoms with van der Waals surface area (Å²) in [5, 5.41) is 12.6. The number of phenols is 1. The van der Waals surface area contributed by atoms with E-state index in [1.165, 1.54) is 0 Å². The van der Waals surface area contributed by atoms with Gasteiger partial charge in [-0.15, -0.1) is 0 Å². The third kappa shape index (κ3) is 3.75. The smallest absolute Gasteiger partial charge is 0.120 e. The number of hydrogen-bond donors (Lipinski definition) is 2. The molecule has 0 aromatic heterocycles. The van der Waals surface area contributed by atoms with Gasteiger partial charge in [0.05, 0.1) is 13.8 Å². The second-order valence-electron chi connectivity index (χ2n) is 3.21. The molecule has 0 spiro atoms. The molecule has 4 heteroatoms. The summed E-state index contributed by atoms with van der Waals surface area (Å²) in [6, 6.07) is 5.04. The lowest BCUT2D eigenvalue weighted by atomic mass is 10.2. The van der Waals surface area contributed by atoms with Gasteiger partial charge in [0.15, 0.2) is 0 Å². The minimum Gasteiger partial charge on any atom is -0.508 e. The number of ether oxygens (including phenoxy) is 1. The summed E-state index contributed by atoms with van der Waals surface area (Å²) in [5.41, 5.74) is 0.758. The van der Waals surface area contributed by atoms with Crippen LogP contribution in [-0.4, -0.2) is 25.4 Å². The van der Waals surface area contributed by atoms with Gasteiger partial charge < -0.3 is 15.2 Å². The molecule has 0 aliphatic carbocycles. The largest absolute Gasteiger partial charge is 0.508 e. The van der Waals surface area contributed by atoms with Gasteiger partial charge in [-0.05, 0) is 31.2 Å². The van der Waals surface area contributed by atoms with E-state index in [9.17, 15) is 9.50 Å². The van der Waals surface area contributed by atoms with Crippen LogP contribution in [0.15, 0.2) is 18.2 Å². The minimum absolute atomic E-state index is 0.226. The van der Waals surface area contributed by atoms with E-state index in [2.05, 4.69) is 5.32 Å². The lowest BCUT2D eigenvalue weighted by Crippen LogP contribution is -2.15. The van der Waals surface area contributed by atoms with Crippen molar-refractivity contribution in [3.05, 3.63) is 23.8 Å². The van der Waals surface area contributed by atoms with E-state index in [1.807, 2.05) is 0 Å². The Hall–Kier alpha value is -1.29. The highest BCUT2D eigenvalue weighted by Crippen LogP contribution is 2.22. The molecule has 0 atom stereocenters. The van der Waals surface area contributed by atoms with Crippen molar-refractivity contribution in [3.8, 4) is 11.5 Å². The van der Waals surface area contributed by atoms with Crippen LogP contribution in [0.25, 0.3) is 0 Å². The lowest BCUT2D eigenvalue weighted by Gasteiger charge is -2.08. The van der Waals surface area contributed by atoms with E-state index in [-0.39, 0.29) is 12.4 Å². The van der Waals surface area contributed by atoms with Gasteiger partial charge in [0.2, 0.25) is 0 Å². The third-order valence-electron chi connectivity index (χ3n) is 2.09. The van der Waals surface area contributed by atoms with Crippen molar-refractivity contribution in [1.82, 2.24) is 5.32 Å². The van der Waals surface area contributed by atoms with Gasteiger partial charge in [0.1, 0.15) is 11.5 Å². The molecule has 1 aromatic carbocycles. The van der Waals surface area contributed by atoms with Crippen molar-refractivity contribution in [2.24, 2.45) is 0 Å². The Morgan fingerprint density at radius 1 is 1.47 bits per heavy atom. The van der Waals surface area contributed by atoms with Crippen molar-refractivity contribution in [1.29, 1.82) is 0 Å². The van der Waals surface area contributed by atoms with Gasteiger partial charge in [-0.1, -0.05) is 0 Å². The van der Waals surface area contributed by atoms with E-state index in [0.29, 0.717) is 25.3 Å². The van der Waals surface area contributed by atoms with Crippen LogP contribution in [0.5, 0.6) is 11.5 Å². The lowest BCUT2D eigenvalue weighted by molar-refractivity contribution is 0.409. The van der Waals surface area contributed by atoms with Crippen LogP contribution in [0.2, 0.25) is 0 Å². The highest BCUT2D eigenvalue weighted by Gasteiger charge is 2.02. The maximum Gasteiger partial charge on any atom is 0.120 e. The van der Waals surface area contributed by atoms with Crippen molar-refractivity contribution >= 4 is 0 Å². The van der Waals surface area contributed by atoms with Crippen LogP contribution in [0.1, 0.15) is 12.0 Å². The average Bonchev–Trinajstić information content (AvgIpc) is 2.26. The molecule has 0 saturated carbocycles. The van der Waals surface area contributed by atoms with Crippen molar-refractivity contribution in [2.45, 2.75) is 13.0 Å². The van der Waals surface area contributed by atoms with Crippen LogP contribution in [0.3, 0.4) is 0 Å². The number of hydrogen-bond acceptors (Lipinski definition) is 3. The Labute approximate surface area is 88.9 Å². The van der Waals surface area contributed by atoms with Crippen LogP contribution in [0, 0.1) is 0 Å². The molecule has 1 aromatic rings. The number of benzene rings is 1. The molecule has 0 heterocycles. The van der Waals surface area contributed by atoms with Crippen LogP contribution in [-0.2, 0) is 6.54 Å². The summed E-state index contributed by atoms with van der Waals surface area (Å²) < 4.78 is 16.8. The highest BCUT2D eigenvalue weighted by atomic mass is 19.1. The Kier molecular flexibility index (Phi) is 4.90. The molecule has 2 N–H and O–H groups in total. The summed E-state index contributed by atoms with van der Waals surface area (Å²) in [6.45, 7) is 0.799. The fraction of sp³-hybridized carbons (Fsp3) is 0.455. The molecule has 0 saturated heterocycles. The predicted octanol–water partition coefficient (Wildman–Crippen LogP) is 1.85. The molecule has 3 nitrogen and oxygen atoms in total. The molecule has 0 bridgehead atoms. The van der Waals surface area contributed by atoms with Crippen LogP contribution < -0.4 is 10.1 Å². The molecule has 0 amide bonds. The summed E-state index contributed by atoms with van der Waals surface area (Å²) in [4.78, 5) is 0. The van der Waals surface area contributed by atoms with E-state index < -0.39 is 0 Å². The number of rotatable bonds is 6. The fourth-order valence-corrected chi connectivity index (χ4v) is 1.25. The highest BCUT2D eigenvalue weighted by molar-refractivity contribution is 5.39. The molecule has 1 rings (SSSR count). The molecule has 0 fully saturated rings. The zero-order valence-corrected chi connectivity index (χ0v) is 8.79. The number of phenolic OH excluding ortho intramolecular Hbond substituents is 1. The van der Waals surface area contributed by atoms with Gasteiger partial charge >= 0.3 is 0 Å². The molecule has 0 unspecified atom stereocenters. The zero-order valence-electron chi connectivity index (χ0n) is 8.79. The van der Waals surface area contributed by atoms with Gasteiger partial charge in [-0.25, -0.2) is 0 Å². The van der Waals surface area contributed by atoms with E-state index in [0.717, 1.165) is 5.56 Å². The molecule has 84 valence electrons. The molecule has 15 heavy (non-hydrogen) atoms. The van der Waals surface area contributed by atoms with Crippen molar-refractivity contribution < 1.29 is 14.2 Å². The number of methoxy groups -OCH3 is 1. The Morgan fingerprint density at radius 2 is 2.27 bits per heavy atom. The van der Waals surface area contributed by atoms with Gasteiger partial charge in [0, 0.05) is 12.1 Å². The first-order valence-electron chi connectivity index (χ1n) is 4.90. The van der Waals surface area contributed by atoms with Gasteiger partial charge in [0.25, 0.3) is 0 Å². The Bertz CT molecular complexity index is 305. The summed E-state index contributed by atoms with van der Waals surface area (Å²) >= 11 is 0. The number of nitrogens with one attached hydrogen (secondary N) is 1. The molecular weight excluding hydrogens is 197 g/mol. The van der Waals surface area contributed by atoms with Crippen molar-refractivity contribution in [2.75, 3.05) is 20.3 Å². The molecular formula is C11H16FNO2. The first kappa shape index (κ1) is 11.8. The molecule has 0 aliphatic rings. The molecule has 0 radical (unpaired) electrons. The van der Waals surface area contributed by atoms with Crippen LogP contribution >= 0.6 is 0 Å². The monoisotopic (exact) mass is 213 g/mol. The maximum absolute atomic E-state index is 11.8. The second-order valence-corrected chi connectivity index (χ2v) is 3.21. The van der Waals surface area contributed by atoms with Crippen molar-refractivity contribution in [3.63, 3.8) is 0 Å². The molecule has 0 aliphatic heterocycles. The fourth-order valence-electron chi connectivity index (χ4n) is 1.25. The van der Waals surface area contributed by atoms with Crippen LogP contribution in [0.4, 0.5) is 4.39 Å². The topological polar surface area (TPSA) is 41.5 Å². The third-order valence-corrected chi connectivity index (χ3v) is 2.09. The average molecular weight is 213 g/mol. The Balaban J connectivity index is 2.51. The number of alkyl halides is 1.